The summed E-state index contributed by atoms with van der Waals surface area (Å²) in [6.45, 7) is 0. The fraction of sp³-hybridized carbons (Fsp3) is 0.130. The molecule has 3 rings (SSSR count). The SMILES string of the molecule is O=C(N[C@H](Cc1cccc(F)c1)C(=O)O)C(c1ccccc1)c1ccccc1. The number of carbonyl (C=O) groups is 2. The van der Waals surface area contributed by atoms with E-state index in [9.17, 15) is 19.1 Å². The Labute approximate surface area is 162 Å². The zero-order valence-corrected chi connectivity index (χ0v) is 15.1. The highest BCUT2D eigenvalue weighted by Crippen LogP contribution is 2.25. The lowest BCUT2D eigenvalue weighted by Crippen LogP contribution is -2.44. The number of hydrogen-bond acceptors (Lipinski definition) is 2. The lowest BCUT2D eigenvalue weighted by Gasteiger charge is -2.21. The van der Waals surface area contributed by atoms with Crippen LogP contribution < -0.4 is 5.32 Å². The minimum absolute atomic E-state index is 0.00483. The second-order valence-corrected chi connectivity index (χ2v) is 6.49. The third-order valence-electron chi connectivity index (χ3n) is 4.47. The quantitative estimate of drug-likeness (QED) is 0.659. The van der Waals surface area contributed by atoms with Gasteiger partial charge in [-0.05, 0) is 28.8 Å². The summed E-state index contributed by atoms with van der Waals surface area (Å²) in [7, 11) is 0. The number of carboxylic acid groups (broad SMARTS) is 1. The monoisotopic (exact) mass is 377 g/mol. The third-order valence-corrected chi connectivity index (χ3v) is 4.47. The Balaban J connectivity index is 1.86. The first-order chi connectivity index (χ1) is 13.5. The van der Waals surface area contributed by atoms with E-state index in [2.05, 4.69) is 5.32 Å². The van der Waals surface area contributed by atoms with Gasteiger partial charge in [-0.25, -0.2) is 9.18 Å². The average molecular weight is 377 g/mol. The first-order valence-corrected chi connectivity index (χ1v) is 8.92. The van der Waals surface area contributed by atoms with Gasteiger partial charge in [-0.1, -0.05) is 72.8 Å². The van der Waals surface area contributed by atoms with Crippen molar-refractivity contribution < 1.29 is 19.1 Å². The van der Waals surface area contributed by atoms with Gasteiger partial charge in [0.25, 0.3) is 0 Å². The molecule has 2 N–H and O–H groups in total. The maximum atomic E-state index is 13.4. The van der Waals surface area contributed by atoms with Crippen LogP contribution in [0.1, 0.15) is 22.6 Å². The molecule has 0 aliphatic rings. The number of aliphatic carboxylic acids is 1. The van der Waals surface area contributed by atoms with Crippen LogP contribution in [0.15, 0.2) is 84.9 Å². The van der Waals surface area contributed by atoms with Gasteiger partial charge in [0, 0.05) is 6.42 Å². The summed E-state index contributed by atoms with van der Waals surface area (Å²) in [4.78, 5) is 24.8. The van der Waals surface area contributed by atoms with E-state index in [1.807, 2.05) is 60.7 Å². The first-order valence-electron chi connectivity index (χ1n) is 8.92. The fourth-order valence-electron chi connectivity index (χ4n) is 3.14. The molecule has 0 fully saturated rings. The average Bonchev–Trinajstić information content (AvgIpc) is 2.69. The van der Waals surface area contributed by atoms with Crippen LogP contribution in [0, 0.1) is 5.82 Å². The van der Waals surface area contributed by atoms with Crippen LogP contribution in [0.4, 0.5) is 4.39 Å². The number of carboxylic acids is 1. The fourth-order valence-corrected chi connectivity index (χ4v) is 3.14. The topological polar surface area (TPSA) is 66.4 Å². The highest BCUT2D eigenvalue weighted by molar-refractivity contribution is 5.90. The lowest BCUT2D eigenvalue weighted by molar-refractivity contribution is -0.141. The summed E-state index contributed by atoms with van der Waals surface area (Å²) >= 11 is 0. The summed E-state index contributed by atoms with van der Waals surface area (Å²) in [5.41, 5.74) is 2.03. The van der Waals surface area contributed by atoms with Gasteiger partial charge in [-0.3, -0.25) is 4.79 Å². The molecule has 0 saturated carbocycles. The molecule has 0 spiro atoms. The Kier molecular flexibility index (Phi) is 6.17. The summed E-state index contributed by atoms with van der Waals surface area (Å²) in [5.74, 6) is -2.67. The van der Waals surface area contributed by atoms with Gasteiger partial charge in [0.05, 0.1) is 5.92 Å². The molecule has 0 aliphatic carbocycles. The summed E-state index contributed by atoms with van der Waals surface area (Å²) in [6.07, 6.45) is -0.00483. The Bertz CT molecular complexity index is 905. The minimum Gasteiger partial charge on any atom is -0.480 e. The number of halogens is 1. The summed E-state index contributed by atoms with van der Waals surface area (Å²) in [5, 5.41) is 12.2. The largest absolute Gasteiger partial charge is 0.480 e. The van der Waals surface area contributed by atoms with Crippen molar-refractivity contribution >= 4 is 11.9 Å². The van der Waals surface area contributed by atoms with Gasteiger partial charge in [0.1, 0.15) is 11.9 Å². The second kappa shape index (κ2) is 8.95. The Hall–Kier alpha value is -3.47. The molecule has 0 radical (unpaired) electrons. The van der Waals surface area contributed by atoms with Gasteiger partial charge in [-0.2, -0.15) is 0 Å². The third kappa shape index (κ3) is 4.82. The maximum Gasteiger partial charge on any atom is 0.326 e. The molecule has 0 unspecified atom stereocenters. The zero-order chi connectivity index (χ0) is 19.9. The van der Waals surface area contributed by atoms with Gasteiger partial charge in [0.15, 0.2) is 0 Å². The van der Waals surface area contributed by atoms with Crippen LogP contribution in [0.5, 0.6) is 0 Å². The van der Waals surface area contributed by atoms with Gasteiger partial charge in [-0.15, -0.1) is 0 Å². The molecule has 4 nitrogen and oxygen atoms in total. The van der Waals surface area contributed by atoms with E-state index in [1.165, 1.54) is 18.2 Å². The molecular weight excluding hydrogens is 357 g/mol. The summed E-state index contributed by atoms with van der Waals surface area (Å²) in [6, 6.07) is 22.9. The first kappa shape index (κ1) is 19.3. The Morgan fingerprint density at radius 2 is 1.43 bits per heavy atom. The number of rotatable bonds is 7. The van der Waals surface area contributed by atoms with Crippen molar-refractivity contribution in [2.75, 3.05) is 0 Å². The smallest absolute Gasteiger partial charge is 0.326 e. The molecule has 0 aromatic heterocycles. The van der Waals surface area contributed by atoms with Gasteiger partial charge in [0.2, 0.25) is 5.91 Å². The van der Waals surface area contributed by atoms with E-state index in [0.29, 0.717) is 5.56 Å². The molecule has 0 saturated heterocycles. The normalized spacial score (nSPS) is 11.8. The van der Waals surface area contributed by atoms with Crippen LogP contribution in [-0.2, 0) is 16.0 Å². The van der Waals surface area contributed by atoms with Gasteiger partial charge < -0.3 is 10.4 Å². The predicted octanol–water partition coefficient (Wildman–Crippen LogP) is 3.77. The number of hydrogen-bond donors (Lipinski definition) is 2. The van der Waals surface area contributed by atoms with E-state index < -0.39 is 29.7 Å². The molecule has 1 amide bonds. The van der Waals surface area contributed by atoms with Crippen LogP contribution in [0.25, 0.3) is 0 Å². The molecule has 1 atom stereocenters. The van der Waals surface area contributed by atoms with E-state index in [4.69, 9.17) is 0 Å². The van der Waals surface area contributed by atoms with Crippen molar-refractivity contribution in [1.82, 2.24) is 5.32 Å². The molecule has 0 heterocycles. The Morgan fingerprint density at radius 3 is 1.93 bits per heavy atom. The van der Waals surface area contributed by atoms with Crippen LogP contribution >= 0.6 is 0 Å². The number of amides is 1. The molecule has 0 bridgehead atoms. The molecule has 142 valence electrons. The minimum atomic E-state index is -1.17. The molecular formula is C23H20FNO3. The molecule has 5 heteroatoms. The van der Waals surface area contributed by atoms with E-state index >= 15 is 0 Å². The number of carbonyl (C=O) groups excluding carboxylic acids is 1. The highest BCUT2D eigenvalue weighted by Gasteiger charge is 2.27. The molecule has 28 heavy (non-hydrogen) atoms. The van der Waals surface area contributed by atoms with Crippen molar-refractivity contribution in [3.05, 3.63) is 107 Å². The molecule has 3 aromatic carbocycles. The van der Waals surface area contributed by atoms with Crippen molar-refractivity contribution in [2.24, 2.45) is 0 Å². The van der Waals surface area contributed by atoms with Crippen molar-refractivity contribution in [1.29, 1.82) is 0 Å². The zero-order valence-electron chi connectivity index (χ0n) is 15.1. The van der Waals surface area contributed by atoms with E-state index in [0.717, 1.165) is 11.1 Å². The number of nitrogens with one attached hydrogen (secondary N) is 1. The molecule has 0 aliphatic heterocycles. The van der Waals surface area contributed by atoms with Gasteiger partial charge >= 0.3 is 5.97 Å². The highest BCUT2D eigenvalue weighted by atomic mass is 19.1. The van der Waals surface area contributed by atoms with Crippen molar-refractivity contribution in [3.8, 4) is 0 Å². The Morgan fingerprint density at radius 1 is 0.857 bits per heavy atom. The molecule has 3 aromatic rings. The van der Waals surface area contributed by atoms with E-state index in [-0.39, 0.29) is 6.42 Å². The summed E-state index contributed by atoms with van der Waals surface area (Å²) < 4.78 is 13.4. The van der Waals surface area contributed by atoms with Crippen molar-refractivity contribution in [3.63, 3.8) is 0 Å². The van der Waals surface area contributed by atoms with Crippen molar-refractivity contribution in [2.45, 2.75) is 18.4 Å². The number of benzene rings is 3. The van der Waals surface area contributed by atoms with Crippen LogP contribution in [0.2, 0.25) is 0 Å². The lowest BCUT2D eigenvalue weighted by atomic mass is 9.90. The standard InChI is InChI=1S/C23H20FNO3/c24-19-13-7-8-16(14-19)15-20(23(27)28)25-22(26)21(17-9-3-1-4-10-17)18-11-5-2-6-12-18/h1-14,20-21H,15H2,(H,25,26)(H,27,28)/t20-/m1/s1. The second-order valence-electron chi connectivity index (χ2n) is 6.49. The predicted molar refractivity (Wildman–Crippen MR) is 104 cm³/mol. The van der Waals surface area contributed by atoms with Crippen LogP contribution in [-0.4, -0.2) is 23.0 Å². The van der Waals surface area contributed by atoms with Crippen LogP contribution in [0.3, 0.4) is 0 Å². The maximum absolute atomic E-state index is 13.4. The van der Waals surface area contributed by atoms with E-state index in [1.54, 1.807) is 6.07 Å².